The minimum atomic E-state index is -0.719. The van der Waals surface area contributed by atoms with Crippen LogP contribution >= 0.6 is 0 Å². The molecule has 8 heteroatoms. The van der Waals surface area contributed by atoms with Crippen LogP contribution in [0.25, 0.3) is 10.9 Å². The number of nitrogens with zero attached hydrogens (tertiary/aromatic N) is 3. The molecule has 35 heavy (non-hydrogen) atoms. The fraction of sp³-hybridized carbons (Fsp3) is 0.407. The molecule has 7 nitrogen and oxygen atoms in total. The third-order valence-electron chi connectivity index (χ3n) is 6.75. The van der Waals surface area contributed by atoms with E-state index < -0.39 is 17.2 Å². The SMILES string of the molecule is CCN1CCN(c2cc3c(cc2F)c(=O)c(C(=O)OCCOc2ccccc2)cn3C2CC2)CC1. The molecule has 2 aromatic carbocycles. The summed E-state index contributed by atoms with van der Waals surface area (Å²) in [5.74, 6) is -0.487. The van der Waals surface area contributed by atoms with E-state index in [1.165, 1.54) is 6.07 Å². The topological polar surface area (TPSA) is 64.0 Å². The average Bonchev–Trinajstić information content (AvgIpc) is 3.73. The van der Waals surface area contributed by atoms with Crippen molar-refractivity contribution in [1.29, 1.82) is 0 Å². The highest BCUT2D eigenvalue weighted by molar-refractivity contribution is 5.94. The van der Waals surface area contributed by atoms with Crippen LogP contribution in [-0.2, 0) is 4.74 Å². The number of rotatable bonds is 8. The van der Waals surface area contributed by atoms with Gasteiger partial charge >= 0.3 is 5.97 Å². The van der Waals surface area contributed by atoms with E-state index in [0.29, 0.717) is 17.0 Å². The second-order valence-electron chi connectivity index (χ2n) is 9.05. The highest BCUT2D eigenvalue weighted by atomic mass is 19.1. The first-order chi connectivity index (χ1) is 17.0. The molecule has 1 aliphatic heterocycles. The number of hydrogen-bond donors (Lipinski definition) is 0. The molecule has 3 aromatic rings. The molecule has 0 atom stereocenters. The van der Waals surface area contributed by atoms with Crippen LogP contribution in [0.3, 0.4) is 0 Å². The van der Waals surface area contributed by atoms with Gasteiger partial charge in [0.05, 0.1) is 11.2 Å². The molecule has 1 aliphatic carbocycles. The molecule has 0 radical (unpaired) electrons. The van der Waals surface area contributed by atoms with Crippen LogP contribution in [0.2, 0.25) is 0 Å². The maximum Gasteiger partial charge on any atom is 0.343 e. The van der Waals surface area contributed by atoms with Gasteiger partial charge < -0.3 is 23.8 Å². The van der Waals surface area contributed by atoms with E-state index in [0.717, 1.165) is 45.6 Å². The molecule has 0 spiro atoms. The number of halogens is 1. The Morgan fingerprint density at radius 2 is 1.80 bits per heavy atom. The molecule has 1 saturated carbocycles. The number of benzene rings is 2. The lowest BCUT2D eigenvalue weighted by Crippen LogP contribution is -2.46. The van der Waals surface area contributed by atoms with Crippen molar-refractivity contribution in [3.05, 3.63) is 70.3 Å². The fourth-order valence-electron chi connectivity index (χ4n) is 4.59. The molecular formula is C27H30FN3O4. The third-order valence-corrected chi connectivity index (χ3v) is 6.75. The van der Waals surface area contributed by atoms with E-state index in [9.17, 15) is 9.59 Å². The Hall–Kier alpha value is -3.39. The van der Waals surface area contributed by atoms with Gasteiger partial charge in [-0.15, -0.1) is 0 Å². The van der Waals surface area contributed by atoms with Crippen LogP contribution in [0.5, 0.6) is 5.75 Å². The standard InChI is InChI=1S/C27H30FN3O4/c1-2-29-10-12-30(13-11-29)25-17-24-21(16-23(25)28)26(32)22(18-31(24)19-8-9-19)27(33)35-15-14-34-20-6-4-3-5-7-20/h3-7,16-19H,2,8-15H2,1H3. The molecule has 5 rings (SSSR count). The monoisotopic (exact) mass is 479 g/mol. The quantitative estimate of drug-likeness (QED) is 0.361. The van der Waals surface area contributed by atoms with Crippen molar-refractivity contribution >= 4 is 22.6 Å². The minimum absolute atomic E-state index is 0.00563. The number of para-hydroxylation sites is 1. The summed E-state index contributed by atoms with van der Waals surface area (Å²) >= 11 is 0. The van der Waals surface area contributed by atoms with E-state index in [1.807, 2.05) is 39.8 Å². The molecule has 184 valence electrons. The van der Waals surface area contributed by atoms with Crippen molar-refractivity contribution in [3.63, 3.8) is 0 Å². The number of carbonyl (C=O) groups excluding carboxylic acids is 1. The first-order valence-electron chi connectivity index (χ1n) is 12.3. The summed E-state index contributed by atoms with van der Waals surface area (Å²) in [4.78, 5) is 30.4. The number of aromatic nitrogens is 1. The zero-order valence-electron chi connectivity index (χ0n) is 19.9. The maximum absolute atomic E-state index is 15.2. The highest BCUT2D eigenvalue weighted by Crippen LogP contribution is 2.38. The lowest BCUT2D eigenvalue weighted by atomic mass is 10.1. The van der Waals surface area contributed by atoms with Gasteiger partial charge in [0.2, 0.25) is 5.43 Å². The van der Waals surface area contributed by atoms with Crippen molar-refractivity contribution < 1.29 is 18.7 Å². The molecule has 0 unspecified atom stereocenters. The summed E-state index contributed by atoms with van der Waals surface area (Å²) in [7, 11) is 0. The van der Waals surface area contributed by atoms with Crippen LogP contribution < -0.4 is 15.1 Å². The van der Waals surface area contributed by atoms with Gasteiger partial charge in [-0.1, -0.05) is 25.1 Å². The maximum atomic E-state index is 15.2. The van der Waals surface area contributed by atoms with Crippen LogP contribution in [0.15, 0.2) is 53.5 Å². The van der Waals surface area contributed by atoms with Gasteiger partial charge in [0.15, 0.2) is 0 Å². The van der Waals surface area contributed by atoms with E-state index in [-0.39, 0.29) is 30.2 Å². The summed E-state index contributed by atoms with van der Waals surface area (Å²) in [6.45, 7) is 6.50. The Kier molecular flexibility index (Phi) is 6.72. The number of piperazine rings is 1. The Labute approximate surface area is 203 Å². The summed E-state index contributed by atoms with van der Waals surface area (Å²) < 4.78 is 28.0. The van der Waals surface area contributed by atoms with Crippen molar-refractivity contribution in [2.45, 2.75) is 25.8 Å². The van der Waals surface area contributed by atoms with Crippen molar-refractivity contribution in [3.8, 4) is 5.75 Å². The molecule has 0 amide bonds. The second-order valence-corrected chi connectivity index (χ2v) is 9.05. The first-order valence-corrected chi connectivity index (χ1v) is 12.3. The zero-order chi connectivity index (χ0) is 24.4. The minimum Gasteiger partial charge on any atom is -0.490 e. The van der Waals surface area contributed by atoms with E-state index in [4.69, 9.17) is 9.47 Å². The zero-order valence-corrected chi connectivity index (χ0v) is 19.9. The normalized spacial score (nSPS) is 16.5. The number of ether oxygens (including phenoxy) is 2. The lowest BCUT2D eigenvalue weighted by Gasteiger charge is -2.35. The number of anilines is 1. The number of hydrogen-bond acceptors (Lipinski definition) is 6. The number of fused-ring (bicyclic) bond motifs is 1. The fourth-order valence-corrected chi connectivity index (χ4v) is 4.59. The lowest BCUT2D eigenvalue weighted by molar-refractivity contribution is 0.0448. The van der Waals surface area contributed by atoms with Gasteiger partial charge in [0, 0.05) is 43.8 Å². The predicted molar refractivity (Wildman–Crippen MR) is 133 cm³/mol. The van der Waals surface area contributed by atoms with Crippen LogP contribution in [0, 0.1) is 5.82 Å². The summed E-state index contributed by atoms with van der Waals surface area (Å²) in [6, 6.07) is 12.5. The molecule has 2 heterocycles. The first kappa shape index (κ1) is 23.4. The smallest absolute Gasteiger partial charge is 0.343 e. The molecule has 2 aliphatic rings. The Morgan fingerprint density at radius 1 is 1.06 bits per heavy atom. The molecule has 1 aromatic heterocycles. The van der Waals surface area contributed by atoms with Gasteiger partial charge in [0.1, 0.15) is 30.3 Å². The van der Waals surface area contributed by atoms with Crippen LogP contribution in [0.1, 0.15) is 36.2 Å². The van der Waals surface area contributed by atoms with Gasteiger partial charge in [-0.3, -0.25) is 4.79 Å². The van der Waals surface area contributed by atoms with Crippen molar-refractivity contribution in [2.75, 3.05) is 50.8 Å². The molecular weight excluding hydrogens is 449 g/mol. The second kappa shape index (κ2) is 10.1. The number of pyridine rings is 1. The van der Waals surface area contributed by atoms with Crippen molar-refractivity contribution in [2.24, 2.45) is 0 Å². The van der Waals surface area contributed by atoms with E-state index in [1.54, 1.807) is 12.3 Å². The third kappa shape index (κ3) is 5.03. The molecule has 0 bridgehead atoms. The largest absolute Gasteiger partial charge is 0.490 e. The van der Waals surface area contributed by atoms with Gasteiger partial charge in [-0.2, -0.15) is 0 Å². The summed E-state index contributed by atoms with van der Waals surface area (Å²) in [6.07, 6.45) is 3.50. The molecule has 2 fully saturated rings. The van der Waals surface area contributed by atoms with Gasteiger partial charge in [0.25, 0.3) is 0 Å². The summed E-state index contributed by atoms with van der Waals surface area (Å²) in [5.41, 5.74) is 0.589. The Bertz CT molecular complexity index is 1260. The van der Waals surface area contributed by atoms with Gasteiger partial charge in [-0.25, -0.2) is 9.18 Å². The van der Waals surface area contributed by atoms with Crippen LogP contribution in [-0.4, -0.2) is 61.4 Å². The van der Waals surface area contributed by atoms with Crippen LogP contribution in [0.4, 0.5) is 10.1 Å². The van der Waals surface area contributed by atoms with E-state index in [2.05, 4.69) is 11.8 Å². The number of carbonyl (C=O) groups is 1. The summed E-state index contributed by atoms with van der Waals surface area (Å²) in [5, 5.41) is 0.209. The Balaban J connectivity index is 1.38. The molecule has 0 N–H and O–H groups in total. The van der Waals surface area contributed by atoms with Crippen molar-refractivity contribution in [1.82, 2.24) is 9.47 Å². The predicted octanol–water partition coefficient (Wildman–Crippen LogP) is 3.85. The van der Waals surface area contributed by atoms with Gasteiger partial charge in [-0.05, 0) is 43.7 Å². The number of esters is 1. The highest BCUT2D eigenvalue weighted by Gasteiger charge is 2.29. The Morgan fingerprint density at radius 3 is 2.49 bits per heavy atom. The number of likely N-dealkylation sites (N-methyl/N-ethyl adjacent to an activating group) is 1. The average molecular weight is 480 g/mol. The molecule has 1 saturated heterocycles. The van der Waals surface area contributed by atoms with E-state index >= 15 is 4.39 Å².